The number of hydrogen-bond acceptors (Lipinski definition) is 4. The summed E-state index contributed by atoms with van der Waals surface area (Å²) in [6.07, 6.45) is 2.11. The molecule has 1 aliphatic rings. The van der Waals surface area contributed by atoms with E-state index in [0.717, 1.165) is 32.5 Å². The topological polar surface area (TPSA) is 62.9 Å². The number of aromatic carboxylic acids is 1. The Labute approximate surface area is 100.0 Å². The van der Waals surface area contributed by atoms with Crippen LogP contribution in [0.3, 0.4) is 0 Å². The average Bonchev–Trinajstić information content (AvgIpc) is 2.80. The number of carboxylic acids is 1. The number of piperidine rings is 1. The van der Waals surface area contributed by atoms with Crippen LogP contribution in [-0.2, 0) is 4.74 Å². The number of carboxylic acid groups (broad SMARTS) is 1. The summed E-state index contributed by atoms with van der Waals surface area (Å²) in [5, 5.41) is 8.78. The van der Waals surface area contributed by atoms with E-state index in [9.17, 15) is 4.79 Å². The Hall–Kier alpha value is -1.49. The second-order valence-electron chi connectivity index (χ2n) is 4.33. The Balaban J connectivity index is 1.93. The largest absolute Gasteiger partial charge is 0.475 e. The minimum atomic E-state index is -1.02. The molecule has 94 valence electrons. The zero-order valence-electron chi connectivity index (χ0n) is 9.89. The van der Waals surface area contributed by atoms with E-state index in [0.29, 0.717) is 11.8 Å². The molecule has 0 aromatic carbocycles. The molecule has 0 amide bonds. The van der Waals surface area contributed by atoms with E-state index >= 15 is 0 Å². The van der Waals surface area contributed by atoms with Crippen molar-refractivity contribution in [2.75, 3.05) is 31.7 Å². The molecule has 0 radical (unpaired) electrons. The SMILES string of the molecule is COCC1CCN(c2ccc(C(=O)O)o2)CC1. The van der Waals surface area contributed by atoms with Gasteiger partial charge in [0, 0.05) is 32.9 Å². The first-order valence-electron chi connectivity index (χ1n) is 5.77. The van der Waals surface area contributed by atoms with Gasteiger partial charge < -0.3 is 19.2 Å². The highest BCUT2D eigenvalue weighted by Gasteiger charge is 2.21. The van der Waals surface area contributed by atoms with Gasteiger partial charge in [-0.3, -0.25) is 0 Å². The summed E-state index contributed by atoms with van der Waals surface area (Å²) >= 11 is 0. The summed E-state index contributed by atoms with van der Waals surface area (Å²) < 4.78 is 10.4. The number of methoxy groups -OCH3 is 1. The maximum Gasteiger partial charge on any atom is 0.371 e. The van der Waals surface area contributed by atoms with Gasteiger partial charge in [0.25, 0.3) is 0 Å². The van der Waals surface area contributed by atoms with E-state index < -0.39 is 5.97 Å². The first kappa shape index (κ1) is 12.0. The second kappa shape index (κ2) is 5.23. The highest BCUT2D eigenvalue weighted by Crippen LogP contribution is 2.25. The fourth-order valence-corrected chi connectivity index (χ4v) is 2.17. The fourth-order valence-electron chi connectivity index (χ4n) is 2.17. The van der Waals surface area contributed by atoms with Crippen molar-refractivity contribution in [3.8, 4) is 0 Å². The zero-order chi connectivity index (χ0) is 12.3. The van der Waals surface area contributed by atoms with Crippen molar-refractivity contribution < 1.29 is 19.1 Å². The number of ether oxygens (including phenoxy) is 1. The summed E-state index contributed by atoms with van der Waals surface area (Å²) in [6.45, 7) is 2.58. The average molecular weight is 239 g/mol. The number of rotatable bonds is 4. The second-order valence-corrected chi connectivity index (χ2v) is 4.33. The molecule has 0 aliphatic carbocycles. The molecule has 1 fully saturated rings. The summed E-state index contributed by atoms with van der Waals surface area (Å²) in [5.74, 6) is 0.230. The Morgan fingerprint density at radius 1 is 1.53 bits per heavy atom. The standard InChI is InChI=1S/C12H17NO4/c1-16-8-9-4-6-13(7-5-9)11-3-2-10(17-11)12(14)15/h2-3,9H,4-8H2,1H3,(H,14,15). The van der Waals surface area contributed by atoms with Crippen LogP contribution in [-0.4, -0.2) is 37.9 Å². The number of anilines is 1. The third-order valence-corrected chi connectivity index (χ3v) is 3.13. The minimum absolute atomic E-state index is 0.000912. The van der Waals surface area contributed by atoms with E-state index in [-0.39, 0.29) is 5.76 Å². The van der Waals surface area contributed by atoms with Crippen LogP contribution in [0.1, 0.15) is 23.4 Å². The zero-order valence-corrected chi connectivity index (χ0v) is 9.89. The van der Waals surface area contributed by atoms with Gasteiger partial charge in [0.2, 0.25) is 5.76 Å². The molecule has 5 heteroatoms. The third kappa shape index (κ3) is 2.79. The van der Waals surface area contributed by atoms with Gasteiger partial charge in [-0.05, 0) is 24.8 Å². The van der Waals surface area contributed by atoms with Crippen molar-refractivity contribution in [3.05, 3.63) is 17.9 Å². The Morgan fingerprint density at radius 3 is 2.76 bits per heavy atom. The lowest BCUT2D eigenvalue weighted by Crippen LogP contribution is -2.34. The normalized spacial score (nSPS) is 17.4. The molecule has 2 rings (SSSR count). The van der Waals surface area contributed by atoms with Gasteiger partial charge in [0.15, 0.2) is 5.88 Å². The number of furan rings is 1. The maximum atomic E-state index is 10.7. The molecular formula is C12H17NO4. The molecule has 0 saturated carbocycles. The molecule has 0 spiro atoms. The van der Waals surface area contributed by atoms with Gasteiger partial charge in [0.1, 0.15) is 0 Å². The monoisotopic (exact) mass is 239 g/mol. The molecule has 0 unspecified atom stereocenters. The number of carbonyl (C=O) groups is 1. The predicted molar refractivity (Wildman–Crippen MR) is 62.5 cm³/mol. The Morgan fingerprint density at radius 2 is 2.24 bits per heavy atom. The summed E-state index contributed by atoms with van der Waals surface area (Å²) in [5.41, 5.74) is 0. The van der Waals surface area contributed by atoms with Crippen molar-refractivity contribution in [2.24, 2.45) is 5.92 Å². The van der Waals surface area contributed by atoms with E-state index in [1.165, 1.54) is 6.07 Å². The van der Waals surface area contributed by atoms with Gasteiger partial charge >= 0.3 is 5.97 Å². The third-order valence-electron chi connectivity index (χ3n) is 3.13. The van der Waals surface area contributed by atoms with E-state index in [1.54, 1.807) is 13.2 Å². The van der Waals surface area contributed by atoms with Crippen LogP contribution in [0, 0.1) is 5.92 Å². The molecule has 1 aliphatic heterocycles. The molecule has 1 N–H and O–H groups in total. The van der Waals surface area contributed by atoms with Crippen LogP contribution in [0.5, 0.6) is 0 Å². The van der Waals surface area contributed by atoms with Crippen molar-refractivity contribution in [1.82, 2.24) is 0 Å². The lowest BCUT2D eigenvalue weighted by atomic mass is 9.98. The Kier molecular flexibility index (Phi) is 3.68. The first-order valence-corrected chi connectivity index (χ1v) is 5.77. The van der Waals surface area contributed by atoms with Crippen LogP contribution in [0.2, 0.25) is 0 Å². The van der Waals surface area contributed by atoms with E-state index in [1.807, 2.05) is 0 Å². The molecule has 1 aromatic rings. The van der Waals surface area contributed by atoms with Crippen LogP contribution >= 0.6 is 0 Å². The van der Waals surface area contributed by atoms with Gasteiger partial charge in [-0.2, -0.15) is 0 Å². The van der Waals surface area contributed by atoms with Gasteiger partial charge in [0.05, 0.1) is 0 Å². The predicted octanol–water partition coefficient (Wildman–Crippen LogP) is 1.84. The minimum Gasteiger partial charge on any atom is -0.475 e. The fraction of sp³-hybridized carbons (Fsp3) is 0.583. The molecule has 2 heterocycles. The van der Waals surface area contributed by atoms with Crippen LogP contribution in [0.4, 0.5) is 5.88 Å². The maximum absolute atomic E-state index is 10.7. The van der Waals surface area contributed by atoms with Gasteiger partial charge in [-0.1, -0.05) is 0 Å². The lowest BCUT2D eigenvalue weighted by molar-refractivity contribution is 0.0663. The molecular weight excluding hydrogens is 222 g/mol. The summed E-state index contributed by atoms with van der Waals surface area (Å²) in [7, 11) is 1.72. The highest BCUT2D eigenvalue weighted by atomic mass is 16.5. The molecule has 1 aromatic heterocycles. The van der Waals surface area contributed by atoms with Crippen molar-refractivity contribution in [2.45, 2.75) is 12.8 Å². The number of hydrogen-bond donors (Lipinski definition) is 1. The van der Waals surface area contributed by atoms with Crippen LogP contribution in [0.25, 0.3) is 0 Å². The summed E-state index contributed by atoms with van der Waals surface area (Å²) in [6, 6.07) is 3.22. The summed E-state index contributed by atoms with van der Waals surface area (Å²) in [4.78, 5) is 12.8. The van der Waals surface area contributed by atoms with Gasteiger partial charge in [-0.15, -0.1) is 0 Å². The van der Waals surface area contributed by atoms with Crippen molar-refractivity contribution in [3.63, 3.8) is 0 Å². The molecule has 5 nitrogen and oxygen atoms in total. The quantitative estimate of drug-likeness (QED) is 0.868. The van der Waals surface area contributed by atoms with E-state index in [4.69, 9.17) is 14.3 Å². The van der Waals surface area contributed by atoms with E-state index in [2.05, 4.69) is 4.90 Å². The lowest BCUT2D eigenvalue weighted by Gasteiger charge is -2.31. The smallest absolute Gasteiger partial charge is 0.371 e. The van der Waals surface area contributed by atoms with Crippen LogP contribution < -0.4 is 4.90 Å². The molecule has 0 atom stereocenters. The molecule has 1 saturated heterocycles. The highest BCUT2D eigenvalue weighted by molar-refractivity contribution is 5.84. The molecule has 17 heavy (non-hydrogen) atoms. The van der Waals surface area contributed by atoms with Crippen molar-refractivity contribution in [1.29, 1.82) is 0 Å². The van der Waals surface area contributed by atoms with Gasteiger partial charge in [-0.25, -0.2) is 4.79 Å². The molecule has 0 bridgehead atoms. The van der Waals surface area contributed by atoms with Crippen molar-refractivity contribution >= 4 is 11.9 Å². The Bertz CT molecular complexity index is 380. The van der Waals surface area contributed by atoms with Crippen LogP contribution in [0.15, 0.2) is 16.5 Å². The first-order chi connectivity index (χ1) is 8.20. The number of nitrogens with zero attached hydrogens (tertiary/aromatic N) is 1.